The van der Waals surface area contributed by atoms with Crippen LogP contribution in [0.15, 0.2) is 0 Å². The van der Waals surface area contributed by atoms with Crippen LogP contribution in [0.1, 0.15) is 51.9 Å². The van der Waals surface area contributed by atoms with Crippen LogP contribution in [0.3, 0.4) is 0 Å². The van der Waals surface area contributed by atoms with Gasteiger partial charge in [-0.2, -0.15) is 0 Å². The van der Waals surface area contributed by atoms with Crippen molar-refractivity contribution in [1.29, 1.82) is 0 Å². The van der Waals surface area contributed by atoms with Gasteiger partial charge in [0, 0.05) is 18.6 Å². The Balaban J connectivity index is 1.98. The van der Waals surface area contributed by atoms with Gasteiger partial charge in [-0.25, -0.2) is 13.6 Å². The van der Waals surface area contributed by atoms with Crippen molar-refractivity contribution in [2.75, 3.05) is 25.6 Å². The molecular formula is C15H29NO4S. The van der Waals surface area contributed by atoms with E-state index in [2.05, 4.69) is 6.92 Å². The highest BCUT2D eigenvalue weighted by Gasteiger charge is 2.38. The average Bonchev–Trinajstić information content (AvgIpc) is 2.45. The summed E-state index contributed by atoms with van der Waals surface area (Å²) in [6.07, 6.45) is 7.67. The van der Waals surface area contributed by atoms with E-state index >= 15 is 0 Å². The molecule has 6 heteroatoms. The van der Waals surface area contributed by atoms with E-state index in [4.69, 9.17) is 14.6 Å². The molecule has 0 bridgehead atoms. The predicted octanol–water partition coefficient (Wildman–Crippen LogP) is 2.06. The quantitative estimate of drug-likeness (QED) is 0.813. The molecule has 1 heterocycles. The van der Waals surface area contributed by atoms with Gasteiger partial charge in [-0.1, -0.05) is 26.2 Å². The van der Waals surface area contributed by atoms with Gasteiger partial charge in [0.1, 0.15) is 0 Å². The first-order valence-electron chi connectivity index (χ1n) is 8.14. The van der Waals surface area contributed by atoms with Gasteiger partial charge < -0.3 is 9.47 Å². The lowest BCUT2D eigenvalue weighted by atomic mass is 9.82. The van der Waals surface area contributed by atoms with Crippen molar-refractivity contribution < 1.29 is 17.9 Å². The van der Waals surface area contributed by atoms with E-state index < -0.39 is 10.0 Å². The molecule has 21 heavy (non-hydrogen) atoms. The second-order valence-corrected chi connectivity index (χ2v) is 8.34. The summed E-state index contributed by atoms with van der Waals surface area (Å²) in [6.45, 7) is 3.90. The Morgan fingerprint density at radius 1 is 1.24 bits per heavy atom. The van der Waals surface area contributed by atoms with Crippen LogP contribution in [0.4, 0.5) is 0 Å². The maximum absolute atomic E-state index is 11.6. The summed E-state index contributed by atoms with van der Waals surface area (Å²) in [7, 11) is -3.49. The van der Waals surface area contributed by atoms with Gasteiger partial charge in [0.05, 0.1) is 18.5 Å². The molecule has 0 spiro atoms. The van der Waals surface area contributed by atoms with E-state index in [0.717, 1.165) is 12.8 Å². The lowest BCUT2D eigenvalue weighted by molar-refractivity contribution is -0.0789. The number of primary sulfonamides is 1. The minimum Gasteiger partial charge on any atom is -0.381 e. The van der Waals surface area contributed by atoms with E-state index in [-0.39, 0.29) is 17.3 Å². The second-order valence-electron chi connectivity index (χ2n) is 6.72. The van der Waals surface area contributed by atoms with Crippen molar-refractivity contribution in [3.63, 3.8) is 0 Å². The van der Waals surface area contributed by atoms with Crippen LogP contribution in [-0.2, 0) is 19.5 Å². The Bertz CT molecular complexity index is 417. The summed E-state index contributed by atoms with van der Waals surface area (Å²) < 4.78 is 34.7. The fourth-order valence-corrected chi connectivity index (χ4v) is 4.93. The Kier molecular flexibility index (Phi) is 6.05. The third-order valence-electron chi connectivity index (χ3n) is 5.03. The summed E-state index contributed by atoms with van der Waals surface area (Å²) in [6, 6.07) is 0. The van der Waals surface area contributed by atoms with E-state index in [0.29, 0.717) is 38.6 Å². The van der Waals surface area contributed by atoms with Gasteiger partial charge >= 0.3 is 0 Å². The number of hydrogen-bond donors (Lipinski definition) is 1. The van der Waals surface area contributed by atoms with Crippen LogP contribution in [0.2, 0.25) is 0 Å². The van der Waals surface area contributed by atoms with E-state index in [1.807, 2.05) is 0 Å². The lowest BCUT2D eigenvalue weighted by Crippen LogP contribution is -2.43. The van der Waals surface area contributed by atoms with Crippen LogP contribution >= 0.6 is 0 Å². The van der Waals surface area contributed by atoms with Crippen molar-refractivity contribution >= 4 is 10.0 Å². The molecular weight excluding hydrogens is 290 g/mol. The molecule has 2 aliphatic rings. The van der Waals surface area contributed by atoms with Gasteiger partial charge in [0.25, 0.3) is 0 Å². The minimum atomic E-state index is -3.49. The minimum absolute atomic E-state index is 0.00682. The SMILES string of the molecule is CCC1CCCCC1OCC1(CS(N)(=O)=O)CCOCC1. The van der Waals surface area contributed by atoms with Crippen LogP contribution < -0.4 is 5.14 Å². The first-order valence-corrected chi connectivity index (χ1v) is 9.85. The van der Waals surface area contributed by atoms with Crippen LogP contribution in [0.25, 0.3) is 0 Å². The Labute approximate surface area is 128 Å². The smallest absolute Gasteiger partial charge is 0.209 e. The predicted molar refractivity (Wildman–Crippen MR) is 82.4 cm³/mol. The highest BCUT2D eigenvalue weighted by molar-refractivity contribution is 7.89. The molecule has 2 fully saturated rings. The monoisotopic (exact) mass is 319 g/mol. The molecule has 124 valence electrons. The van der Waals surface area contributed by atoms with E-state index in [1.54, 1.807) is 0 Å². The normalized spacial score (nSPS) is 30.2. The molecule has 1 saturated carbocycles. The zero-order chi connectivity index (χ0) is 15.3. The maximum Gasteiger partial charge on any atom is 0.209 e. The molecule has 0 amide bonds. The van der Waals surface area contributed by atoms with Gasteiger partial charge in [-0.15, -0.1) is 0 Å². The summed E-state index contributed by atoms with van der Waals surface area (Å²) in [5.74, 6) is 0.623. The summed E-state index contributed by atoms with van der Waals surface area (Å²) in [4.78, 5) is 0. The Hall–Kier alpha value is -0.170. The third kappa shape index (κ3) is 5.20. The molecule has 1 aliphatic carbocycles. The first-order chi connectivity index (χ1) is 9.94. The second kappa shape index (κ2) is 7.40. The molecule has 2 unspecified atom stereocenters. The highest BCUT2D eigenvalue weighted by Crippen LogP contribution is 2.35. The molecule has 0 radical (unpaired) electrons. The molecule has 1 saturated heterocycles. The van der Waals surface area contributed by atoms with E-state index in [1.165, 1.54) is 19.3 Å². The average molecular weight is 319 g/mol. The highest BCUT2D eigenvalue weighted by atomic mass is 32.2. The van der Waals surface area contributed by atoms with Gasteiger partial charge in [-0.3, -0.25) is 0 Å². The number of hydrogen-bond acceptors (Lipinski definition) is 4. The summed E-state index contributed by atoms with van der Waals surface area (Å²) in [5, 5.41) is 5.29. The van der Waals surface area contributed by atoms with Crippen molar-refractivity contribution in [2.24, 2.45) is 16.5 Å². The van der Waals surface area contributed by atoms with Crippen molar-refractivity contribution in [1.82, 2.24) is 0 Å². The summed E-state index contributed by atoms with van der Waals surface area (Å²) >= 11 is 0. The Morgan fingerprint density at radius 2 is 1.90 bits per heavy atom. The van der Waals surface area contributed by atoms with Crippen molar-refractivity contribution in [3.8, 4) is 0 Å². The fourth-order valence-electron chi connectivity index (χ4n) is 3.71. The van der Waals surface area contributed by atoms with Crippen LogP contribution in [0.5, 0.6) is 0 Å². The lowest BCUT2D eigenvalue weighted by Gasteiger charge is -2.39. The topological polar surface area (TPSA) is 78.6 Å². The molecule has 2 N–H and O–H groups in total. The third-order valence-corrected chi connectivity index (χ3v) is 6.04. The van der Waals surface area contributed by atoms with Crippen molar-refractivity contribution in [2.45, 2.75) is 58.0 Å². The maximum atomic E-state index is 11.6. The molecule has 0 aromatic heterocycles. The van der Waals surface area contributed by atoms with Gasteiger partial charge in [0.2, 0.25) is 10.0 Å². The number of ether oxygens (including phenoxy) is 2. The first kappa shape index (κ1) is 17.2. The molecule has 2 atom stereocenters. The fraction of sp³-hybridized carbons (Fsp3) is 1.00. The van der Waals surface area contributed by atoms with Crippen LogP contribution in [-0.4, -0.2) is 40.1 Å². The molecule has 0 aromatic carbocycles. The number of sulfonamides is 1. The Morgan fingerprint density at radius 3 is 2.52 bits per heavy atom. The zero-order valence-corrected chi connectivity index (χ0v) is 13.9. The largest absolute Gasteiger partial charge is 0.381 e. The summed E-state index contributed by atoms with van der Waals surface area (Å²) in [5.41, 5.74) is -0.360. The number of rotatable bonds is 6. The zero-order valence-electron chi connectivity index (χ0n) is 13.1. The van der Waals surface area contributed by atoms with Gasteiger partial charge in [0.15, 0.2) is 0 Å². The molecule has 2 rings (SSSR count). The molecule has 1 aliphatic heterocycles. The van der Waals surface area contributed by atoms with Crippen molar-refractivity contribution in [3.05, 3.63) is 0 Å². The molecule has 0 aromatic rings. The standard InChI is InChI=1S/C15H29NO4S/c1-2-13-5-3-4-6-14(13)20-11-15(12-21(16,17)18)7-9-19-10-8-15/h13-14H,2-12H2,1H3,(H2,16,17,18). The van der Waals surface area contributed by atoms with E-state index in [9.17, 15) is 8.42 Å². The van der Waals surface area contributed by atoms with Crippen LogP contribution in [0, 0.1) is 11.3 Å². The number of nitrogens with two attached hydrogens (primary N) is 1. The molecule has 5 nitrogen and oxygen atoms in total. The van der Waals surface area contributed by atoms with Gasteiger partial charge in [-0.05, 0) is 31.6 Å².